The first-order valence-electron chi connectivity index (χ1n) is 3.51. The number of nitrogens with two attached hydrogens (primary N) is 1. The first-order chi connectivity index (χ1) is 6.06. The molecule has 0 saturated carbocycles. The smallest absolute Gasteiger partial charge is 0.241 e. The zero-order valence-electron chi connectivity index (χ0n) is 6.70. The Morgan fingerprint density at radius 2 is 2.15 bits per heavy atom. The monoisotopic (exact) mass is 204 g/mol. The predicted octanol–water partition coefficient (Wildman–Crippen LogP) is 0.0202. The lowest BCUT2D eigenvalue weighted by molar-refractivity contribution is 0.579. The molecule has 0 aliphatic carbocycles. The molecule has 0 saturated heterocycles. The van der Waals surface area contributed by atoms with Gasteiger partial charge >= 0.3 is 0 Å². The fourth-order valence-electron chi connectivity index (χ4n) is 0.827. The van der Waals surface area contributed by atoms with Gasteiger partial charge in [0.15, 0.2) is 0 Å². The topological polar surface area (TPSA) is 72.2 Å². The second-order valence-corrected chi connectivity index (χ2v) is 4.08. The van der Waals surface area contributed by atoms with Gasteiger partial charge in [0.05, 0.1) is 11.6 Å². The highest BCUT2D eigenvalue weighted by Crippen LogP contribution is 2.09. The zero-order chi connectivity index (χ0) is 9.90. The molecule has 1 aromatic rings. The van der Waals surface area contributed by atoms with Crippen molar-refractivity contribution < 1.29 is 12.8 Å². The number of halogens is 1. The molecule has 0 aliphatic heterocycles. The maximum atomic E-state index is 12.6. The minimum atomic E-state index is -3.65. The molecule has 4 nitrogen and oxygen atoms in total. The van der Waals surface area contributed by atoms with Crippen molar-refractivity contribution in [1.29, 1.82) is 0 Å². The molecular formula is C7H9FN2O2S. The van der Waals surface area contributed by atoms with E-state index < -0.39 is 15.8 Å². The van der Waals surface area contributed by atoms with E-state index in [2.05, 4.69) is 0 Å². The SMILES string of the molecule is NCNS(=O)(=O)c1cccc(F)c1. The Labute approximate surface area is 75.6 Å². The van der Waals surface area contributed by atoms with Crippen molar-refractivity contribution in [1.82, 2.24) is 4.72 Å². The second-order valence-electron chi connectivity index (χ2n) is 2.31. The summed E-state index contributed by atoms with van der Waals surface area (Å²) in [5, 5.41) is 0. The summed E-state index contributed by atoms with van der Waals surface area (Å²) in [7, 11) is -3.65. The third kappa shape index (κ3) is 2.48. The summed E-state index contributed by atoms with van der Waals surface area (Å²) in [5.74, 6) is -0.597. The molecular weight excluding hydrogens is 195 g/mol. The van der Waals surface area contributed by atoms with Crippen LogP contribution in [0.25, 0.3) is 0 Å². The molecule has 0 heterocycles. The Morgan fingerprint density at radius 3 is 2.69 bits per heavy atom. The molecule has 72 valence electrons. The van der Waals surface area contributed by atoms with Crippen LogP contribution in [0.1, 0.15) is 0 Å². The Balaban J connectivity index is 3.08. The molecule has 0 spiro atoms. The minimum Gasteiger partial charge on any atom is -0.318 e. The van der Waals surface area contributed by atoms with Crippen LogP contribution in [0.4, 0.5) is 4.39 Å². The number of hydrogen-bond donors (Lipinski definition) is 2. The molecule has 0 amide bonds. The molecule has 0 aliphatic rings. The lowest BCUT2D eigenvalue weighted by Crippen LogP contribution is -2.29. The third-order valence-electron chi connectivity index (χ3n) is 1.38. The van der Waals surface area contributed by atoms with E-state index in [1.54, 1.807) is 0 Å². The van der Waals surface area contributed by atoms with Crippen LogP contribution in [-0.2, 0) is 10.0 Å². The van der Waals surface area contributed by atoms with Crippen LogP contribution in [0, 0.1) is 5.82 Å². The van der Waals surface area contributed by atoms with Gasteiger partial charge in [-0.3, -0.25) is 0 Å². The van der Waals surface area contributed by atoms with Crippen molar-refractivity contribution >= 4 is 10.0 Å². The van der Waals surface area contributed by atoms with E-state index in [1.807, 2.05) is 4.72 Å². The van der Waals surface area contributed by atoms with Crippen molar-refractivity contribution in [2.24, 2.45) is 5.73 Å². The van der Waals surface area contributed by atoms with E-state index in [4.69, 9.17) is 5.73 Å². The number of benzene rings is 1. The highest BCUT2D eigenvalue weighted by molar-refractivity contribution is 7.89. The molecule has 0 fully saturated rings. The molecule has 0 bridgehead atoms. The Hall–Kier alpha value is -0.980. The van der Waals surface area contributed by atoms with Crippen LogP contribution in [0.2, 0.25) is 0 Å². The lowest BCUT2D eigenvalue weighted by atomic mass is 10.4. The lowest BCUT2D eigenvalue weighted by Gasteiger charge is -2.03. The molecule has 13 heavy (non-hydrogen) atoms. The summed E-state index contributed by atoms with van der Waals surface area (Å²) in [6.45, 7) is -0.209. The maximum Gasteiger partial charge on any atom is 0.241 e. The van der Waals surface area contributed by atoms with Crippen LogP contribution in [0.15, 0.2) is 29.2 Å². The van der Waals surface area contributed by atoms with Gasteiger partial charge in [-0.2, -0.15) is 4.72 Å². The van der Waals surface area contributed by atoms with Gasteiger partial charge in [0.1, 0.15) is 5.82 Å². The van der Waals surface area contributed by atoms with E-state index in [0.29, 0.717) is 0 Å². The molecule has 1 rings (SSSR count). The maximum absolute atomic E-state index is 12.6. The zero-order valence-corrected chi connectivity index (χ0v) is 7.51. The van der Waals surface area contributed by atoms with Gasteiger partial charge in [-0.25, -0.2) is 12.8 Å². The molecule has 6 heteroatoms. The number of hydrogen-bond acceptors (Lipinski definition) is 3. The van der Waals surface area contributed by atoms with Gasteiger partial charge in [-0.15, -0.1) is 0 Å². The van der Waals surface area contributed by atoms with Crippen LogP contribution in [-0.4, -0.2) is 15.1 Å². The molecule has 1 aromatic carbocycles. The van der Waals surface area contributed by atoms with Crippen LogP contribution >= 0.6 is 0 Å². The van der Waals surface area contributed by atoms with E-state index in [0.717, 1.165) is 6.07 Å². The largest absolute Gasteiger partial charge is 0.318 e. The van der Waals surface area contributed by atoms with Crippen molar-refractivity contribution in [3.63, 3.8) is 0 Å². The van der Waals surface area contributed by atoms with Crippen LogP contribution in [0.3, 0.4) is 0 Å². The fraction of sp³-hybridized carbons (Fsp3) is 0.143. The van der Waals surface area contributed by atoms with Crippen molar-refractivity contribution in [2.45, 2.75) is 4.90 Å². The third-order valence-corrected chi connectivity index (χ3v) is 2.80. The molecule has 0 unspecified atom stereocenters. The van der Waals surface area contributed by atoms with Crippen LogP contribution in [0.5, 0.6) is 0 Å². The Bertz CT molecular complexity index is 391. The van der Waals surface area contributed by atoms with Gasteiger partial charge in [0.2, 0.25) is 10.0 Å². The second kappa shape index (κ2) is 3.82. The average Bonchev–Trinajstić information content (AvgIpc) is 2.04. The first-order valence-corrected chi connectivity index (χ1v) is 5.00. The number of nitrogens with one attached hydrogen (secondary N) is 1. The summed E-state index contributed by atoms with van der Waals surface area (Å²) in [6, 6.07) is 4.71. The molecule has 0 radical (unpaired) electrons. The summed E-state index contributed by atoms with van der Waals surface area (Å²) in [6.07, 6.45) is 0. The van der Waals surface area contributed by atoms with Gasteiger partial charge in [-0.1, -0.05) is 6.07 Å². The normalized spacial score (nSPS) is 11.5. The van der Waals surface area contributed by atoms with Crippen molar-refractivity contribution in [2.75, 3.05) is 6.67 Å². The van der Waals surface area contributed by atoms with Gasteiger partial charge in [-0.05, 0) is 18.2 Å². The van der Waals surface area contributed by atoms with E-state index in [1.165, 1.54) is 18.2 Å². The predicted molar refractivity (Wildman–Crippen MR) is 45.8 cm³/mol. The molecule has 3 N–H and O–H groups in total. The van der Waals surface area contributed by atoms with E-state index in [9.17, 15) is 12.8 Å². The summed E-state index contributed by atoms with van der Waals surface area (Å²) in [4.78, 5) is -0.127. The number of sulfonamides is 1. The quantitative estimate of drug-likeness (QED) is 0.682. The van der Waals surface area contributed by atoms with Crippen molar-refractivity contribution in [3.05, 3.63) is 30.1 Å². The van der Waals surface area contributed by atoms with Crippen molar-refractivity contribution in [3.8, 4) is 0 Å². The molecule has 0 aromatic heterocycles. The first kappa shape index (κ1) is 10.1. The Kier molecular flexibility index (Phi) is 2.97. The highest BCUT2D eigenvalue weighted by atomic mass is 32.2. The Morgan fingerprint density at radius 1 is 1.46 bits per heavy atom. The average molecular weight is 204 g/mol. The summed E-state index contributed by atoms with van der Waals surface area (Å²) < 4.78 is 37.1. The summed E-state index contributed by atoms with van der Waals surface area (Å²) in [5.41, 5.74) is 5.01. The fourth-order valence-corrected chi connectivity index (χ4v) is 1.74. The number of rotatable bonds is 3. The van der Waals surface area contributed by atoms with Gasteiger partial charge in [0, 0.05) is 0 Å². The standard InChI is InChI=1S/C7H9FN2O2S/c8-6-2-1-3-7(4-6)13(11,12)10-5-9/h1-4,10H,5,9H2. The highest BCUT2D eigenvalue weighted by Gasteiger charge is 2.12. The minimum absolute atomic E-state index is 0.127. The van der Waals surface area contributed by atoms with Gasteiger partial charge in [0.25, 0.3) is 0 Å². The van der Waals surface area contributed by atoms with E-state index >= 15 is 0 Å². The van der Waals surface area contributed by atoms with Crippen LogP contribution < -0.4 is 10.5 Å². The van der Waals surface area contributed by atoms with E-state index in [-0.39, 0.29) is 11.6 Å². The van der Waals surface area contributed by atoms with Gasteiger partial charge < -0.3 is 5.73 Å². The summed E-state index contributed by atoms with van der Waals surface area (Å²) >= 11 is 0. The molecule has 0 atom stereocenters.